The molecule has 0 fully saturated rings. The van der Waals surface area contributed by atoms with E-state index < -0.39 is 5.97 Å². The Bertz CT molecular complexity index is 175. The average Bonchev–Trinajstić information content (AvgIpc) is 2.03. The van der Waals surface area contributed by atoms with Crippen molar-refractivity contribution in [2.45, 2.75) is 52.6 Å². The maximum Gasteiger partial charge on any atom is 0.305 e. The molecule has 3 heteroatoms. The minimum Gasteiger partial charge on any atom is -0.481 e. The first-order chi connectivity index (χ1) is 6.40. The summed E-state index contributed by atoms with van der Waals surface area (Å²) in [7, 11) is 0. The van der Waals surface area contributed by atoms with E-state index in [-0.39, 0.29) is 12.0 Å². The lowest BCUT2D eigenvalue weighted by Gasteiger charge is -2.31. The number of carboxylic acids is 1. The zero-order chi connectivity index (χ0) is 11.2. The van der Waals surface area contributed by atoms with Crippen molar-refractivity contribution >= 4 is 5.97 Å². The molecule has 84 valence electrons. The Labute approximate surface area is 86.5 Å². The van der Waals surface area contributed by atoms with Crippen molar-refractivity contribution in [1.82, 2.24) is 0 Å². The number of carbonyl (C=O) groups is 1. The minimum absolute atomic E-state index is 0.0856. The van der Waals surface area contributed by atoms with Crippen LogP contribution in [0.25, 0.3) is 0 Å². The van der Waals surface area contributed by atoms with Crippen LogP contribution in [0.15, 0.2) is 0 Å². The number of ether oxygens (including phenoxy) is 1. The van der Waals surface area contributed by atoms with Crippen molar-refractivity contribution in [3.05, 3.63) is 0 Å². The summed E-state index contributed by atoms with van der Waals surface area (Å²) >= 11 is 0. The summed E-state index contributed by atoms with van der Waals surface area (Å²) in [6.07, 6.45) is 2.33. The molecule has 0 saturated heterocycles. The molecule has 0 aromatic heterocycles. The van der Waals surface area contributed by atoms with E-state index in [1.54, 1.807) is 0 Å². The maximum absolute atomic E-state index is 10.3. The van der Waals surface area contributed by atoms with E-state index in [2.05, 4.69) is 13.8 Å². The lowest BCUT2D eigenvalue weighted by Crippen LogP contribution is -2.33. The molecule has 0 aliphatic heterocycles. The first kappa shape index (κ1) is 13.4. The van der Waals surface area contributed by atoms with Crippen LogP contribution in [-0.4, -0.2) is 23.3 Å². The molecule has 0 aromatic rings. The third kappa shape index (κ3) is 5.22. The van der Waals surface area contributed by atoms with E-state index in [0.717, 1.165) is 12.8 Å². The van der Waals surface area contributed by atoms with Gasteiger partial charge in [0.1, 0.15) is 0 Å². The summed E-state index contributed by atoms with van der Waals surface area (Å²) in [5.74, 6) is -0.342. The van der Waals surface area contributed by atoms with Crippen LogP contribution in [-0.2, 0) is 9.53 Å². The fourth-order valence-electron chi connectivity index (χ4n) is 1.32. The van der Waals surface area contributed by atoms with Gasteiger partial charge in [0, 0.05) is 0 Å². The molecule has 14 heavy (non-hydrogen) atoms. The number of hydrogen-bond acceptors (Lipinski definition) is 2. The van der Waals surface area contributed by atoms with Gasteiger partial charge in [0.2, 0.25) is 0 Å². The van der Waals surface area contributed by atoms with Gasteiger partial charge in [-0.1, -0.05) is 20.3 Å². The Kier molecular flexibility index (Phi) is 5.77. The highest BCUT2D eigenvalue weighted by atomic mass is 16.5. The van der Waals surface area contributed by atoms with E-state index in [1.807, 2.05) is 13.8 Å². The Morgan fingerprint density at radius 2 is 2.07 bits per heavy atom. The molecule has 0 rings (SSSR count). The van der Waals surface area contributed by atoms with Gasteiger partial charge in [-0.05, 0) is 26.2 Å². The minimum atomic E-state index is -0.802. The zero-order valence-electron chi connectivity index (χ0n) is 9.67. The Balaban J connectivity index is 3.86. The second kappa shape index (κ2) is 6.02. The van der Waals surface area contributed by atoms with Gasteiger partial charge in [-0.2, -0.15) is 0 Å². The topological polar surface area (TPSA) is 46.5 Å². The summed E-state index contributed by atoms with van der Waals surface area (Å²) in [5, 5.41) is 8.47. The van der Waals surface area contributed by atoms with Crippen molar-refractivity contribution in [2.24, 2.45) is 5.92 Å². The monoisotopic (exact) mass is 202 g/mol. The summed E-state index contributed by atoms with van der Waals surface area (Å²) in [6, 6.07) is 0. The van der Waals surface area contributed by atoms with Gasteiger partial charge in [-0.3, -0.25) is 4.79 Å². The van der Waals surface area contributed by atoms with Crippen molar-refractivity contribution in [3.63, 3.8) is 0 Å². The van der Waals surface area contributed by atoms with Crippen LogP contribution >= 0.6 is 0 Å². The van der Waals surface area contributed by atoms with E-state index in [0.29, 0.717) is 12.5 Å². The Morgan fingerprint density at radius 3 is 2.50 bits per heavy atom. The molecule has 0 aliphatic carbocycles. The standard InChI is InChI=1S/C11H22O3/c1-5-6-9(2)11(3,4)14-8-7-10(12)13/h9H,5-8H2,1-4H3,(H,12,13). The fourth-order valence-corrected chi connectivity index (χ4v) is 1.32. The number of aliphatic carboxylic acids is 1. The summed E-state index contributed by atoms with van der Waals surface area (Å²) in [5.41, 5.74) is -0.217. The van der Waals surface area contributed by atoms with Crippen LogP contribution in [0.5, 0.6) is 0 Å². The second-order valence-corrected chi connectivity index (χ2v) is 4.29. The van der Waals surface area contributed by atoms with Crippen molar-refractivity contribution in [1.29, 1.82) is 0 Å². The highest BCUT2D eigenvalue weighted by Crippen LogP contribution is 2.25. The smallest absolute Gasteiger partial charge is 0.305 e. The van der Waals surface area contributed by atoms with Crippen LogP contribution in [0.4, 0.5) is 0 Å². The van der Waals surface area contributed by atoms with Gasteiger partial charge in [0.15, 0.2) is 0 Å². The first-order valence-corrected chi connectivity index (χ1v) is 5.26. The molecule has 0 bridgehead atoms. The molecular formula is C11H22O3. The highest BCUT2D eigenvalue weighted by molar-refractivity contribution is 5.66. The predicted octanol–water partition coefficient (Wildman–Crippen LogP) is 2.69. The van der Waals surface area contributed by atoms with E-state index >= 15 is 0 Å². The normalized spacial score (nSPS) is 14.0. The summed E-state index contributed by atoms with van der Waals surface area (Å²) in [4.78, 5) is 10.3. The van der Waals surface area contributed by atoms with Gasteiger partial charge in [0.25, 0.3) is 0 Å². The molecule has 0 saturated carbocycles. The van der Waals surface area contributed by atoms with Gasteiger partial charge in [-0.25, -0.2) is 0 Å². The number of hydrogen-bond donors (Lipinski definition) is 1. The lowest BCUT2D eigenvalue weighted by molar-refractivity contribution is -0.140. The Hall–Kier alpha value is -0.570. The van der Waals surface area contributed by atoms with Crippen molar-refractivity contribution in [2.75, 3.05) is 6.61 Å². The second-order valence-electron chi connectivity index (χ2n) is 4.29. The maximum atomic E-state index is 10.3. The molecule has 0 aliphatic rings. The van der Waals surface area contributed by atoms with Crippen LogP contribution in [0.1, 0.15) is 47.0 Å². The van der Waals surface area contributed by atoms with E-state index in [1.165, 1.54) is 0 Å². The molecule has 3 nitrogen and oxygen atoms in total. The molecule has 1 N–H and O–H groups in total. The average molecular weight is 202 g/mol. The Morgan fingerprint density at radius 1 is 1.50 bits per heavy atom. The zero-order valence-corrected chi connectivity index (χ0v) is 9.67. The molecule has 0 spiro atoms. The largest absolute Gasteiger partial charge is 0.481 e. The van der Waals surface area contributed by atoms with E-state index in [4.69, 9.17) is 9.84 Å². The van der Waals surface area contributed by atoms with Gasteiger partial charge in [0.05, 0.1) is 18.6 Å². The quantitative estimate of drug-likeness (QED) is 0.690. The molecule has 0 radical (unpaired) electrons. The molecule has 1 atom stereocenters. The SMILES string of the molecule is CCCC(C)C(C)(C)OCCC(=O)O. The van der Waals surface area contributed by atoms with Crippen LogP contribution in [0.2, 0.25) is 0 Å². The van der Waals surface area contributed by atoms with Gasteiger partial charge < -0.3 is 9.84 Å². The van der Waals surface area contributed by atoms with Crippen LogP contribution in [0.3, 0.4) is 0 Å². The van der Waals surface area contributed by atoms with Crippen LogP contribution in [0, 0.1) is 5.92 Å². The summed E-state index contributed by atoms with van der Waals surface area (Å²) < 4.78 is 5.57. The van der Waals surface area contributed by atoms with Crippen molar-refractivity contribution < 1.29 is 14.6 Å². The molecule has 1 unspecified atom stereocenters. The summed E-state index contributed by atoms with van der Waals surface area (Å²) in [6.45, 7) is 8.63. The van der Waals surface area contributed by atoms with Crippen molar-refractivity contribution in [3.8, 4) is 0 Å². The predicted molar refractivity (Wildman–Crippen MR) is 56.4 cm³/mol. The molecule has 0 amide bonds. The molecular weight excluding hydrogens is 180 g/mol. The molecule has 0 aromatic carbocycles. The van der Waals surface area contributed by atoms with E-state index in [9.17, 15) is 4.79 Å². The van der Waals surface area contributed by atoms with Crippen LogP contribution < -0.4 is 0 Å². The number of rotatable bonds is 7. The first-order valence-electron chi connectivity index (χ1n) is 5.26. The molecule has 0 heterocycles. The third-order valence-electron chi connectivity index (χ3n) is 2.70. The lowest BCUT2D eigenvalue weighted by atomic mass is 9.89. The van der Waals surface area contributed by atoms with Gasteiger partial charge in [-0.15, -0.1) is 0 Å². The third-order valence-corrected chi connectivity index (χ3v) is 2.70. The fraction of sp³-hybridized carbons (Fsp3) is 0.909. The highest BCUT2D eigenvalue weighted by Gasteiger charge is 2.25. The number of carboxylic acid groups (broad SMARTS) is 1. The van der Waals surface area contributed by atoms with Gasteiger partial charge >= 0.3 is 5.97 Å².